The first kappa shape index (κ1) is 16.5. The fourth-order valence-electron chi connectivity index (χ4n) is 1.96. The number of anilines is 1. The smallest absolute Gasteiger partial charge is 0.243 e. The van der Waals surface area contributed by atoms with Crippen LogP contribution >= 0.6 is 0 Å². The molecule has 1 aromatic heterocycles. The second kappa shape index (κ2) is 6.50. The Bertz CT molecular complexity index is 720. The van der Waals surface area contributed by atoms with Crippen LogP contribution in [0.25, 0.3) is 0 Å². The molecule has 0 spiro atoms. The normalized spacial score (nSPS) is 12.1. The number of sulfonamides is 1. The predicted octanol–water partition coefficient (Wildman–Crippen LogP) is 2.06. The summed E-state index contributed by atoms with van der Waals surface area (Å²) in [6, 6.07) is 8.66. The first-order chi connectivity index (χ1) is 10.3. The molecule has 6 nitrogen and oxygen atoms in total. The Morgan fingerprint density at radius 3 is 2.36 bits per heavy atom. The minimum atomic E-state index is -3.43. The van der Waals surface area contributed by atoms with Crippen LogP contribution in [-0.2, 0) is 23.6 Å². The molecule has 1 N–H and O–H groups in total. The van der Waals surface area contributed by atoms with Crippen molar-refractivity contribution in [1.82, 2.24) is 14.1 Å². The van der Waals surface area contributed by atoms with Gasteiger partial charge in [0.2, 0.25) is 10.0 Å². The van der Waals surface area contributed by atoms with Crippen molar-refractivity contribution in [2.24, 2.45) is 7.05 Å². The summed E-state index contributed by atoms with van der Waals surface area (Å²) in [5.74, 6) is 0. The second-order valence-corrected chi connectivity index (χ2v) is 7.44. The van der Waals surface area contributed by atoms with E-state index in [-0.39, 0.29) is 6.04 Å². The number of aryl methyl sites for hydroxylation is 1. The minimum absolute atomic E-state index is 0.0763. The van der Waals surface area contributed by atoms with Crippen LogP contribution in [0.3, 0.4) is 0 Å². The van der Waals surface area contributed by atoms with Crippen LogP contribution in [0.15, 0.2) is 41.4 Å². The van der Waals surface area contributed by atoms with E-state index in [2.05, 4.69) is 10.4 Å². The summed E-state index contributed by atoms with van der Waals surface area (Å²) in [5, 5.41) is 7.35. The van der Waals surface area contributed by atoms with Gasteiger partial charge in [0, 0.05) is 32.0 Å². The largest absolute Gasteiger partial charge is 0.379 e. The molecular formula is C15H22N4O2S. The van der Waals surface area contributed by atoms with Crippen LogP contribution < -0.4 is 5.32 Å². The van der Waals surface area contributed by atoms with Crippen LogP contribution in [0, 0.1) is 0 Å². The van der Waals surface area contributed by atoms with Gasteiger partial charge in [0.05, 0.1) is 17.1 Å². The van der Waals surface area contributed by atoms with Gasteiger partial charge in [0.25, 0.3) is 0 Å². The molecule has 22 heavy (non-hydrogen) atoms. The van der Waals surface area contributed by atoms with Crippen molar-refractivity contribution in [3.8, 4) is 0 Å². The third-order valence-corrected chi connectivity index (χ3v) is 5.70. The lowest BCUT2D eigenvalue weighted by Crippen LogP contribution is -2.33. The molecule has 1 heterocycles. The summed E-state index contributed by atoms with van der Waals surface area (Å²) in [5.41, 5.74) is 1.92. The Morgan fingerprint density at radius 2 is 1.86 bits per heavy atom. The highest BCUT2D eigenvalue weighted by atomic mass is 32.2. The van der Waals surface area contributed by atoms with Gasteiger partial charge >= 0.3 is 0 Å². The fraction of sp³-hybridized carbons (Fsp3) is 0.400. The first-order valence-corrected chi connectivity index (χ1v) is 8.55. The highest BCUT2D eigenvalue weighted by Crippen LogP contribution is 2.19. The molecule has 0 aliphatic carbocycles. The standard InChI is InChI=1S/C15H22N4O2S/c1-12(2)19(4)22(20,21)15-7-5-13(6-8-15)16-11-14-9-10-17-18(14)3/h5-10,12,16H,11H2,1-4H3. The van der Waals surface area contributed by atoms with E-state index in [4.69, 9.17) is 0 Å². The van der Waals surface area contributed by atoms with Gasteiger partial charge in [-0.1, -0.05) is 0 Å². The van der Waals surface area contributed by atoms with E-state index >= 15 is 0 Å². The summed E-state index contributed by atoms with van der Waals surface area (Å²) in [7, 11) is 0.0468. The van der Waals surface area contributed by atoms with Crippen molar-refractivity contribution in [1.29, 1.82) is 0 Å². The van der Waals surface area contributed by atoms with Crippen molar-refractivity contribution >= 4 is 15.7 Å². The second-order valence-electron chi connectivity index (χ2n) is 5.44. The maximum Gasteiger partial charge on any atom is 0.243 e. The molecule has 0 saturated carbocycles. The van der Waals surface area contributed by atoms with Gasteiger partial charge in [-0.3, -0.25) is 4.68 Å². The highest BCUT2D eigenvalue weighted by molar-refractivity contribution is 7.89. The SMILES string of the molecule is CC(C)N(C)S(=O)(=O)c1ccc(NCc2ccnn2C)cc1. The zero-order chi connectivity index (χ0) is 16.3. The zero-order valence-electron chi connectivity index (χ0n) is 13.3. The maximum absolute atomic E-state index is 12.4. The average Bonchev–Trinajstić information content (AvgIpc) is 2.90. The third-order valence-electron chi connectivity index (χ3n) is 3.65. The Labute approximate surface area is 131 Å². The number of benzene rings is 1. The molecule has 0 bridgehead atoms. The van der Waals surface area contributed by atoms with Crippen molar-refractivity contribution in [2.45, 2.75) is 31.3 Å². The van der Waals surface area contributed by atoms with Crippen molar-refractivity contribution < 1.29 is 8.42 Å². The Kier molecular flexibility index (Phi) is 4.87. The molecule has 2 aromatic rings. The van der Waals surface area contributed by atoms with E-state index in [1.165, 1.54) is 4.31 Å². The number of nitrogens with zero attached hydrogens (tertiary/aromatic N) is 3. The average molecular weight is 322 g/mol. The van der Waals surface area contributed by atoms with Gasteiger partial charge in [-0.15, -0.1) is 0 Å². The molecule has 0 amide bonds. The molecule has 0 saturated heterocycles. The van der Waals surface area contributed by atoms with E-state index in [1.54, 1.807) is 42.2 Å². The summed E-state index contributed by atoms with van der Waals surface area (Å²) < 4.78 is 27.9. The molecular weight excluding hydrogens is 300 g/mol. The molecule has 7 heteroatoms. The molecule has 0 radical (unpaired) electrons. The Balaban J connectivity index is 2.09. The molecule has 0 aliphatic heterocycles. The topological polar surface area (TPSA) is 67.2 Å². The summed E-state index contributed by atoms with van der Waals surface area (Å²) >= 11 is 0. The van der Waals surface area contributed by atoms with Gasteiger partial charge in [-0.05, 0) is 44.2 Å². The van der Waals surface area contributed by atoms with Gasteiger partial charge in [-0.25, -0.2) is 8.42 Å². The zero-order valence-corrected chi connectivity index (χ0v) is 14.1. The lowest BCUT2D eigenvalue weighted by atomic mass is 10.3. The number of hydrogen-bond acceptors (Lipinski definition) is 4. The Hall–Kier alpha value is -1.86. The maximum atomic E-state index is 12.4. The quantitative estimate of drug-likeness (QED) is 0.884. The first-order valence-electron chi connectivity index (χ1n) is 7.11. The number of nitrogens with one attached hydrogen (secondary N) is 1. The van der Waals surface area contributed by atoms with Crippen molar-refractivity contribution in [3.63, 3.8) is 0 Å². The third kappa shape index (κ3) is 3.48. The number of aromatic nitrogens is 2. The van der Waals surface area contributed by atoms with Gasteiger partial charge in [0.1, 0.15) is 0 Å². The van der Waals surface area contributed by atoms with Crippen LogP contribution in [0.1, 0.15) is 19.5 Å². The molecule has 0 unspecified atom stereocenters. The summed E-state index contributed by atoms with van der Waals surface area (Å²) in [6.45, 7) is 4.33. The van der Waals surface area contributed by atoms with Gasteiger partial charge in [-0.2, -0.15) is 9.40 Å². The van der Waals surface area contributed by atoms with E-state index in [0.29, 0.717) is 11.4 Å². The Morgan fingerprint density at radius 1 is 1.23 bits per heavy atom. The van der Waals surface area contributed by atoms with E-state index in [1.807, 2.05) is 27.0 Å². The molecule has 2 rings (SSSR count). The van der Waals surface area contributed by atoms with E-state index in [9.17, 15) is 8.42 Å². The van der Waals surface area contributed by atoms with E-state index < -0.39 is 10.0 Å². The summed E-state index contributed by atoms with van der Waals surface area (Å²) in [6.07, 6.45) is 1.74. The molecule has 1 aromatic carbocycles. The number of rotatable bonds is 6. The number of hydrogen-bond donors (Lipinski definition) is 1. The van der Waals surface area contributed by atoms with Crippen LogP contribution in [0.5, 0.6) is 0 Å². The lowest BCUT2D eigenvalue weighted by molar-refractivity contribution is 0.410. The molecule has 120 valence electrons. The molecule has 0 atom stereocenters. The lowest BCUT2D eigenvalue weighted by Gasteiger charge is -2.21. The molecule has 0 aliphatic rings. The fourth-order valence-corrected chi connectivity index (χ4v) is 3.32. The summed E-state index contributed by atoms with van der Waals surface area (Å²) in [4.78, 5) is 0.301. The highest BCUT2D eigenvalue weighted by Gasteiger charge is 2.22. The van der Waals surface area contributed by atoms with Crippen molar-refractivity contribution in [3.05, 3.63) is 42.2 Å². The minimum Gasteiger partial charge on any atom is -0.379 e. The predicted molar refractivity (Wildman–Crippen MR) is 87.1 cm³/mol. The van der Waals surface area contributed by atoms with Crippen LogP contribution in [-0.4, -0.2) is 35.6 Å². The van der Waals surface area contributed by atoms with Crippen LogP contribution in [0.2, 0.25) is 0 Å². The molecule has 0 fully saturated rings. The monoisotopic (exact) mass is 322 g/mol. The van der Waals surface area contributed by atoms with Crippen LogP contribution in [0.4, 0.5) is 5.69 Å². The van der Waals surface area contributed by atoms with Crippen molar-refractivity contribution in [2.75, 3.05) is 12.4 Å². The van der Waals surface area contributed by atoms with Gasteiger partial charge < -0.3 is 5.32 Å². The van der Waals surface area contributed by atoms with Gasteiger partial charge in [0.15, 0.2) is 0 Å². The van der Waals surface area contributed by atoms with E-state index in [0.717, 1.165) is 11.4 Å².